The molecule has 0 spiro atoms. The predicted octanol–water partition coefficient (Wildman–Crippen LogP) is -0.148. The quantitative estimate of drug-likeness (QED) is 0.636. The molecular weight excluding hydrogens is 198 g/mol. The molecule has 15 heavy (non-hydrogen) atoms. The van der Waals surface area contributed by atoms with E-state index in [1.807, 2.05) is 0 Å². The summed E-state index contributed by atoms with van der Waals surface area (Å²) in [6, 6.07) is 4.26. The molecule has 0 saturated heterocycles. The van der Waals surface area contributed by atoms with Gasteiger partial charge >= 0.3 is 12.0 Å². The second-order valence-corrected chi connectivity index (χ2v) is 2.96. The van der Waals surface area contributed by atoms with E-state index in [4.69, 9.17) is 10.8 Å². The minimum absolute atomic E-state index is 0.00981. The fourth-order valence-corrected chi connectivity index (χ4v) is 1.42. The van der Waals surface area contributed by atoms with Crippen LogP contribution in [-0.4, -0.2) is 21.7 Å². The number of nitrogens with two attached hydrogens (primary N) is 1. The highest BCUT2D eigenvalue weighted by Gasteiger charge is 2.23. The zero-order chi connectivity index (χ0) is 11.0. The first-order valence-electron chi connectivity index (χ1n) is 4.16. The normalized spacial score (nSPS) is 10.4. The second kappa shape index (κ2) is 3.09. The zero-order valence-electron chi connectivity index (χ0n) is 7.62. The summed E-state index contributed by atoms with van der Waals surface area (Å²) in [5.74, 6) is -1.11. The average molecular weight is 206 g/mol. The van der Waals surface area contributed by atoms with Gasteiger partial charge in [0.05, 0.1) is 6.20 Å². The van der Waals surface area contributed by atoms with Crippen LogP contribution < -0.4 is 10.1 Å². The Labute approximate surface area is 84.2 Å². The summed E-state index contributed by atoms with van der Waals surface area (Å²) in [5, 5.41) is 8.89. The van der Waals surface area contributed by atoms with Gasteiger partial charge in [-0.2, -0.15) is 4.40 Å². The number of hydrogen-bond donors (Lipinski definition) is 2. The third-order valence-corrected chi connectivity index (χ3v) is 2.05. The Bertz CT molecular complexity index is 511. The number of carboxylic acids is 1. The monoisotopic (exact) mass is 206 g/mol. The third kappa shape index (κ3) is 1.32. The molecular formula is C9H8N3O3+. The number of primary amides is 1. The number of aromatic carboxylic acids is 1. The van der Waals surface area contributed by atoms with E-state index in [1.54, 1.807) is 24.4 Å². The highest BCUT2D eigenvalue weighted by molar-refractivity contribution is 5.86. The number of carbonyl (C=O) groups is 2. The number of carbonyl (C=O) groups excluding carboxylic acids is 1. The van der Waals surface area contributed by atoms with Crippen LogP contribution in [0, 0.1) is 0 Å². The molecule has 2 rings (SSSR count). The molecule has 0 unspecified atom stereocenters. The van der Waals surface area contributed by atoms with Gasteiger partial charge in [-0.3, -0.25) is 0 Å². The van der Waals surface area contributed by atoms with Crippen LogP contribution in [0.2, 0.25) is 0 Å². The van der Waals surface area contributed by atoms with Crippen LogP contribution in [0.4, 0.5) is 4.79 Å². The second-order valence-electron chi connectivity index (χ2n) is 2.96. The fourth-order valence-electron chi connectivity index (χ4n) is 1.42. The number of carboxylic acid groups (broad SMARTS) is 1. The third-order valence-electron chi connectivity index (χ3n) is 2.05. The minimum atomic E-state index is -1.11. The van der Waals surface area contributed by atoms with Gasteiger partial charge < -0.3 is 10.8 Å². The standard InChI is InChI=1S/C9H7N3O3/c10-9(15)12-5-6(8(13)14)11-4-2-1-3-7(11)12/h1-5H,(H2-,10,13,14,15)/p+1. The molecule has 2 aromatic heterocycles. The zero-order valence-corrected chi connectivity index (χ0v) is 7.62. The van der Waals surface area contributed by atoms with Gasteiger partial charge in [0.15, 0.2) is 6.20 Å². The fraction of sp³-hybridized carbons (Fsp3) is 0. The van der Waals surface area contributed by atoms with Crippen LogP contribution in [0.15, 0.2) is 30.6 Å². The lowest BCUT2D eigenvalue weighted by atomic mass is 10.4. The van der Waals surface area contributed by atoms with Crippen molar-refractivity contribution in [2.24, 2.45) is 5.73 Å². The first-order valence-corrected chi connectivity index (χ1v) is 4.16. The van der Waals surface area contributed by atoms with Crippen LogP contribution in [0.5, 0.6) is 0 Å². The maximum Gasteiger partial charge on any atom is 0.411 e. The van der Waals surface area contributed by atoms with E-state index in [0.717, 1.165) is 4.57 Å². The van der Waals surface area contributed by atoms with E-state index < -0.39 is 12.0 Å². The summed E-state index contributed by atoms with van der Waals surface area (Å²) < 4.78 is 2.47. The van der Waals surface area contributed by atoms with Crippen molar-refractivity contribution in [1.82, 2.24) is 4.57 Å². The molecule has 0 aliphatic rings. The number of aromatic nitrogens is 2. The Morgan fingerprint density at radius 2 is 2.13 bits per heavy atom. The largest absolute Gasteiger partial charge is 0.475 e. The van der Waals surface area contributed by atoms with Crippen molar-refractivity contribution in [3.8, 4) is 0 Å². The maximum absolute atomic E-state index is 11.0. The summed E-state index contributed by atoms with van der Waals surface area (Å²) in [4.78, 5) is 21.9. The minimum Gasteiger partial charge on any atom is -0.475 e. The van der Waals surface area contributed by atoms with Crippen LogP contribution >= 0.6 is 0 Å². The van der Waals surface area contributed by atoms with E-state index >= 15 is 0 Å². The summed E-state index contributed by atoms with van der Waals surface area (Å²) >= 11 is 0. The van der Waals surface area contributed by atoms with Gasteiger partial charge in [0.1, 0.15) is 0 Å². The lowest BCUT2D eigenvalue weighted by Gasteiger charge is -1.88. The van der Waals surface area contributed by atoms with Crippen molar-refractivity contribution in [3.05, 3.63) is 36.3 Å². The molecule has 0 aromatic carbocycles. The van der Waals surface area contributed by atoms with Crippen molar-refractivity contribution < 1.29 is 19.1 Å². The van der Waals surface area contributed by atoms with Crippen molar-refractivity contribution in [3.63, 3.8) is 0 Å². The van der Waals surface area contributed by atoms with Gasteiger partial charge in [-0.1, -0.05) is 6.07 Å². The molecule has 0 atom stereocenters. The van der Waals surface area contributed by atoms with Crippen LogP contribution in [0.1, 0.15) is 10.5 Å². The molecule has 2 aromatic rings. The predicted molar refractivity (Wildman–Crippen MR) is 49.5 cm³/mol. The Morgan fingerprint density at radius 3 is 2.73 bits per heavy atom. The summed E-state index contributed by atoms with van der Waals surface area (Å²) in [6.45, 7) is 0. The first-order chi connectivity index (χ1) is 7.11. The van der Waals surface area contributed by atoms with Crippen molar-refractivity contribution in [2.45, 2.75) is 0 Å². The van der Waals surface area contributed by atoms with Crippen molar-refractivity contribution >= 4 is 17.6 Å². The molecule has 0 aliphatic heterocycles. The smallest absolute Gasteiger partial charge is 0.411 e. The highest BCUT2D eigenvalue weighted by atomic mass is 16.4. The molecule has 0 saturated carbocycles. The Hall–Kier alpha value is -2.37. The maximum atomic E-state index is 11.0. The number of rotatable bonds is 1. The molecule has 76 valence electrons. The number of amides is 1. The molecule has 0 fully saturated rings. The number of pyridine rings is 1. The van der Waals surface area contributed by atoms with Gasteiger partial charge in [0.2, 0.25) is 0 Å². The van der Waals surface area contributed by atoms with Crippen LogP contribution in [0.3, 0.4) is 0 Å². The van der Waals surface area contributed by atoms with Gasteiger partial charge in [0, 0.05) is 6.07 Å². The van der Waals surface area contributed by atoms with Gasteiger partial charge in [0.25, 0.3) is 11.3 Å². The Kier molecular flexibility index (Phi) is 1.89. The number of imidazole rings is 1. The lowest BCUT2D eigenvalue weighted by Crippen LogP contribution is -2.28. The van der Waals surface area contributed by atoms with E-state index in [9.17, 15) is 9.59 Å². The van der Waals surface area contributed by atoms with Gasteiger partial charge in [-0.15, -0.1) is 4.57 Å². The van der Waals surface area contributed by atoms with Gasteiger partial charge in [-0.25, -0.2) is 9.59 Å². The van der Waals surface area contributed by atoms with Gasteiger partial charge in [-0.05, 0) is 6.07 Å². The summed E-state index contributed by atoms with van der Waals surface area (Å²) in [5.41, 5.74) is 5.52. The Balaban J connectivity index is 2.85. The summed E-state index contributed by atoms with van der Waals surface area (Å²) in [7, 11) is 0. The van der Waals surface area contributed by atoms with E-state index in [1.165, 1.54) is 10.6 Å². The Morgan fingerprint density at radius 1 is 1.40 bits per heavy atom. The molecule has 3 N–H and O–H groups in total. The molecule has 0 aliphatic carbocycles. The molecule has 6 nitrogen and oxygen atoms in total. The molecule has 0 bridgehead atoms. The summed E-state index contributed by atoms with van der Waals surface area (Å²) in [6.07, 6.45) is 2.75. The molecule has 6 heteroatoms. The van der Waals surface area contributed by atoms with Crippen LogP contribution in [0.25, 0.3) is 5.65 Å². The topological polar surface area (TPSA) is 89.4 Å². The number of nitrogens with zero attached hydrogens (tertiary/aromatic N) is 2. The van der Waals surface area contributed by atoms with E-state index in [2.05, 4.69) is 0 Å². The highest BCUT2D eigenvalue weighted by Crippen LogP contribution is 2.02. The van der Waals surface area contributed by atoms with E-state index in [-0.39, 0.29) is 5.69 Å². The van der Waals surface area contributed by atoms with Crippen molar-refractivity contribution in [2.75, 3.05) is 0 Å². The first kappa shape index (κ1) is 9.20. The number of hydrogen-bond acceptors (Lipinski definition) is 2. The molecule has 2 heterocycles. The number of fused-ring (bicyclic) bond motifs is 1. The average Bonchev–Trinajstić information content (AvgIpc) is 2.56. The van der Waals surface area contributed by atoms with E-state index in [0.29, 0.717) is 5.65 Å². The van der Waals surface area contributed by atoms with Crippen LogP contribution in [-0.2, 0) is 0 Å². The molecule has 0 radical (unpaired) electrons. The SMILES string of the molecule is NC(=O)n1cc(C(=O)O)[n+]2ccccc12. The molecule has 1 amide bonds. The lowest BCUT2D eigenvalue weighted by molar-refractivity contribution is -0.514. The van der Waals surface area contributed by atoms with Crippen molar-refractivity contribution in [1.29, 1.82) is 0 Å².